The summed E-state index contributed by atoms with van der Waals surface area (Å²) in [6.07, 6.45) is 9.72. The van der Waals surface area contributed by atoms with Crippen LogP contribution in [0.25, 0.3) is 0 Å². The zero-order chi connectivity index (χ0) is 14.9. The lowest BCUT2D eigenvalue weighted by Gasteiger charge is -2.65. The second-order valence-corrected chi connectivity index (χ2v) is 10.7. The van der Waals surface area contributed by atoms with Gasteiger partial charge >= 0.3 is 0 Å². The Bertz CT molecular complexity index is 549. The van der Waals surface area contributed by atoms with E-state index in [2.05, 4.69) is 24.0 Å². The summed E-state index contributed by atoms with van der Waals surface area (Å²) in [5, 5.41) is 10.9. The highest BCUT2D eigenvalue weighted by molar-refractivity contribution is 7.11. The Morgan fingerprint density at radius 3 is 2.33 bits per heavy atom. The second-order valence-electron chi connectivity index (χ2n) is 8.96. The Morgan fingerprint density at radius 2 is 1.81 bits per heavy atom. The third-order valence-electron chi connectivity index (χ3n) is 6.09. The molecule has 21 heavy (non-hydrogen) atoms. The molecule has 4 aliphatic carbocycles. The molecule has 0 aromatic carbocycles. The molecule has 1 heterocycles. The predicted molar refractivity (Wildman–Crippen MR) is 87.7 cm³/mol. The highest BCUT2D eigenvalue weighted by atomic mass is 35.5. The average molecular weight is 325 g/mol. The van der Waals surface area contributed by atoms with Gasteiger partial charge in [-0.1, -0.05) is 25.2 Å². The summed E-state index contributed by atoms with van der Waals surface area (Å²) in [4.78, 5) is 0. The van der Waals surface area contributed by atoms with Gasteiger partial charge in [0.05, 0.1) is 5.38 Å². The molecule has 3 unspecified atom stereocenters. The second kappa shape index (κ2) is 4.44. The van der Waals surface area contributed by atoms with Crippen molar-refractivity contribution in [2.24, 2.45) is 22.2 Å². The van der Waals surface area contributed by atoms with E-state index in [-0.39, 0.29) is 5.38 Å². The Hall–Kier alpha value is -0.150. The van der Waals surface area contributed by atoms with Gasteiger partial charge in [0.15, 0.2) is 0 Å². The van der Waals surface area contributed by atoms with E-state index in [1.54, 1.807) is 11.3 Å². The Labute approximate surface area is 136 Å². The van der Waals surface area contributed by atoms with Crippen molar-refractivity contribution in [3.05, 3.63) is 10.0 Å². The van der Waals surface area contributed by atoms with Crippen LogP contribution in [0, 0.1) is 22.2 Å². The first kappa shape index (κ1) is 14.4. The van der Waals surface area contributed by atoms with Crippen LogP contribution in [0.1, 0.15) is 74.7 Å². The number of halogens is 1. The van der Waals surface area contributed by atoms with E-state index in [9.17, 15) is 0 Å². The van der Waals surface area contributed by atoms with Crippen molar-refractivity contribution in [2.45, 2.75) is 71.1 Å². The Kier molecular flexibility index (Phi) is 3.05. The molecule has 4 saturated carbocycles. The fraction of sp³-hybridized carbons (Fsp3) is 0.882. The monoisotopic (exact) mass is 324 g/mol. The van der Waals surface area contributed by atoms with Gasteiger partial charge in [0, 0.05) is 6.42 Å². The highest BCUT2D eigenvalue weighted by Crippen LogP contribution is 2.70. The minimum Gasteiger partial charge on any atom is -0.143 e. The van der Waals surface area contributed by atoms with E-state index in [0.29, 0.717) is 16.2 Å². The normalized spacial score (nSPS) is 46.0. The van der Waals surface area contributed by atoms with E-state index in [4.69, 9.17) is 11.6 Å². The van der Waals surface area contributed by atoms with Crippen LogP contribution in [0.3, 0.4) is 0 Å². The standard InChI is InChI=1S/C17H25ClN2S/c1-11(18)14-20-19-13(21-14)7-17-6-12-4-15(2,9-17)8-16(3,5-12)10-17/h11-12H,4-10H2,1-3H3. The summed E-state index contributed by atoms with van der Waals surface area (Å²) in [7, 11) is 0. The molecule has 1 aromatic heterocycles. The first-order valence-electron chi connectivity index (χ1n) is 8.25. The predicted octanol–water partition coefficient (Wildman–Crippen LogP) is 5.38. The fourth-order valence-electron chi connectivity index (χ4n) is 6.70. The molecule has 4 aliphatic rings. The van der Waals surface area contributed by atoms with Gasteiger partial charge in [-0.3, -0.25) is 0 Å². The van der Waals surface area contributed by atoms with E-state index in [1.807, 2.05) is 6.92 Å². The van der Waals surface area contributed by atoms with Crippen molar-refractivity contribution >= 4 is 22.9 Å². The van der Waals surface area contributed by atoms with Crippen LogP contribution in [0.2, 0.25) is 0 Å². The van der Waals surface area contributed by atoms with Gasteiger partial charge in [0.25, 0.3) is 0 Å². The topological polar surface area (TPSA) is 25.8 Å². The molecule has 0 aliphatic heterocycles. The van der Waals surface area contributed by atoms with E-state index in [1.165, 1.54) is 43.5 Å². The van der Waals surface area contributed by atoms with E-state index >= 15 is 0 Å². The van der Waals surface area contributed by atoms with Crippen LogP contribution in [0.4, 0.5) is 0 Å². The van der Waals surface area contributed by atoms with Crippen LogP contribution in [0.5, 0.6) is 0 Å². The first-order chi connectivity index (χ1) is 9.79. The molecular formula is C17H25ClN2S. The van der Waals surface area contributed by atoms with Crippen LogP contribution in [0.15, 0.2) is 0 Å². The van der Waals surface area contributed by atoms with Crippen molar-refractivity contribution in [1.29, 1.82) is 0 Å². The van der Waals surface area contributed by atoms with Gasteiger partial charge in [-0.25, -0.2) is 0 Å². The van der Waals surface area contributed by atoms with Crippen LogP contribution in [-0.2, 0) is 6.42 Å². The van der Waals surface area contributed by atoms with Crippen molar-refractivity contribution in [1.82, 2.24) is 10.2 Å². The lowest BCUT2D eigenvalue weighted by Crippen LogP contribution is -2.55. The minimum atomic E-state index is -0.0114. The number of aromatic nitrogens is 2. The number of nitrogens with zero attached hydrogens (tertiary/aromatic N) is 2. The SMILES string of the molecule is CC(Cl)c1nnc(CC23CC4CC(C)(CC(C)(C4)C2)C3)s1. The molecule has 0 saturated heterocycles. The summed E-state index contributed by atoms with van der Waals surface area (Å²) >= 11 is 7.88. The van der Waals surface area contributed by atoms with Crippen molar-refractivity contribution < 1.29 is 0 Å². The third-order valence-corrected chi connectivity index (χ3v) is 7.53. The zero-order valence-electron chi connectivity index (χ0n) is 13.3. The summed E-state index contributed by atoms with van der Waals surface area (Å²) in [6, 6.07) is 0. The minimum absolute atomic E-state index is 0.0114. The summed E-state index contributed by atoms with van der Waals surface area (Å²) in [5.41, 5.74) is 1.66. The number of alkyl halides is 1. The van der Waals surface area contributed by atoms with E-state index in [0.717, 1.165) is 17.3 Å². The average Bonchev–Trinajstić information content (AvgIpc) is 2.71. The van der Waals surface area contributed by atoms with Crippen molar-refractivity contribution in [3.8, 4) is 0 Å². The van der Waals surface area contributed by atoms with Crippen LogP contribution < -0.4 is 0 Å². The Balaban J connectivity index is 1.62. The lowest BCUT2D eigenvalue weighted by molar-refractivity contribution is -0.144. The molecule has 4 heteroatoms. The molecule has 0 spiro atoms. The van der Waals surface area contributed by atoms with Crippen molar-refractivity contribution in [3.63, 3.8) is 0 Å². The fourth-order valence-corrected chi connectivity index (χ4v) is 7.82. The molecule has 0 radical (unpaired) electrons. The molecular weight excluding hydrogens is 300 g/mol. The van der Waals surface area contributed by atoms with Gasteiger partial charge < -0.3 is 0 Å². The number of hydrogen-bond acceptors (Lipinski definition) is 3. The molecule has 2 nitrogen and oxygen atoms in total. The lowest BCUT2D eigenvalue weighted by atomic mass is 9.40. The van der Waals surface area contributed by atoms with Crippen LogP contribution >= 0.6 is 22.9 Å². The van der Waals surface area contributed by atoms with Gasteiger partial charge in [0.2, 0.25) is 0 Å². The number of hydrogen-bond donors (Lipinski definition) is 0. The molecule has 0 amide bonds. The third kappa shape index (κ3) is 2.45. The maximum Gasteiger partial charge on any atom is 0.135 e. The maximum atomic E-state index is 6.14. The van der Waals surface area contributed by atoms with Crippen molar-refractivity contribution in [2.75, 3.05) is 0 Å². The molecule has 4 bridgehead atoms. The summed E-state index contributed by atoms with van der Waals surface area (Å²) in [6.45, 7) is 7.06. The summed E-state index contributed by atoms with van der Waals surface area (Å²) < 4.78 is 0. The van der Waals surface area contributed by atoms with Crippen LogP contribution in [-0.4, -0.2) is 10.2 Å². The molecule has 4 fully saturated rings. The smallest absolute Gasteiger partial charge is 0.135 e. The molecule has 0 N–H and O–H groups in total. The molecule has 116 valence electrons. The quantitative estimate of drug-likeness (QED) is 0.698. The van der Waals surface area contributed by atoms with Gasteiger partial charge in [-0.2, -0.15) is 0 Å². The van der Waals surface area contributed by atoms with E-state index < -0.39 is 0 Å². The number of rotatable bonds is 3. The molecule has 1 aromatic rings. The molecule has 3 atom stereocenters. The van der Waals surface area contributed by atoms with Gasteiger partial charge in [-0.15, -0.1) is 21.8 Å². The Morgan fingerprint density at radius 1 is 1.14 bits per heavy atom. The largest absolute Gasteiger partial charge is 0.143 e. The first-order valence-corrected chi connectivity index (χ1v) is 9.51. The summed E-state index contributed by atoms with van der Waals surface area (Å²) in [5.74, 6) is 0.954. The maximum absolute atomic E-state index is 6.14. The van der Waals surface area contributed by atoms with Gasteiger partial charge in [-0.05, 0) is 67.6 Å². The molecule has 5 rings (SSSR count). The van der Waals surface area contributed by atoms with Gasteiger partial charge in [0.1, 0.15) is 10.0 Å². The highest BCUT2D eigenvalue weighted by Gasteiger charge is 2.59. The zero-order valence-corrected chi connectivity index (χ0v) is 14.9.